The fourth-order valence-corrected chi connectivity index (χ4v) is 5.50. The second kappa shape index (κ2) is 8.29. The minimum Gasteiger partial charge on any atom is -0.482 e. The van der Waals surface area contributed by atoms with Crippen molar-refractivity contribution in [2.45, 2.75) is 24.3 Å². The Kier molecular flexibility index (Phi) is 5.72. The van der Waals surface area contributed by atoms with E-state index >= 15 is 0 Å². The summed E-state index contributed by atoms with van der Waals surface area (Å²) < 4.78 is 38.0. The van der Waals surface area contributed by atoms with E-state index in [-0.39, 0.29) is 53.1 Å². The number of rotatable bonds is 5. The molecular weight excluding hydrogens is 434 g/mol. The number of piperidine rings is 1. The summed E-state index contributed by atoms with van der Waals surface area (Å²) in [6.45, 7) is 0.511. The number of halogens is 1. The second-order valence-electron chi connectivity index (χ2n) is 7.09. The first kappa shape index (κ1) is 20.7. The van der Waals surface area contributed by atoms with Crippen molar-refractivity contribution in [2.24, 2.45) is 5.92 Å². The lowest BCUT2D eigenvalue weighted by atomic mass is 9.97. The zero-order valence-corrected chi connectivity index (χ0v) is 17.5. The Balaban J connectivity index is 1.41. The summed E-state index contributed by atoms with van der Waals surface area (Å²) in [7, 11) is -3.87. The van der Waals surface area contributed by atoms with Crippen molar-refractivity contribution in [2.75, 3.05) is 25.0 Å². The first-order valence-electron chi connectivity index (χ1n) is 9.41. The molecule has 1 saturated heterocycles. The van der Waals surface area contributed by atoms with Crippen molar-refractivity contribution >= 4 is 39.1 Å². The fourth-order valence-electron chi connectivity index (χ4n) is 3.51. The highest BCUT2D eigenvalue weighted by Gasteiger charge is 2.34. The molecule has 2 N–H and O–H groups in total. The largest absolute Gasteiger partial charge is 0.482 e. The Hall–Kier alpha value is -2.56. The van der Waals surface area contributed by atoms with Crippen molar-refractivity contribution in [3.8, 4) is 5.75 Å². The number of ether oxygens (including phenoxy) is 1. The number of nitrogens with one attached hydrogen (secondary N) is 2. The number of hydrogen-bond acceptors (Lipinski definition) is 6. The molecule has 2 aromatic rings. The van der Waals surface area contributed by atoms with Gasteiger partial charge >= 0.3 is 0 Å². The third kappa shape index (κ3) is 4.16. The molecule has 1 fully saturated rings. The van der Waals surface area contributed by atoms with Gasteiger partial charge in [-0.2, -0.15) is 4.31 Å². The van der Waals surface area contributed by atoms with Gasteiger partial charge in [0.25, 0.3) is 5.91 Å². The molecule has 11 heteroatoms. The summed E-state index contributed by atoms with van der Waals surface area (Å²) in [6, 6.07) is 6.22. The lowest BCUT2D eigenvalue weighted by Crippen LogP contribution is -2.43. The van der Waals surface area contributed by atoms with E-state index in [2.05, 4.69) is 10.6 Å². The fraction of sp³-hybridized carbons (Fsp3) is 0.368. The summed E-state index contributed by atoms with van der Waals surface area (Å²) >= 11 is 6.20. The predicted molar refractivity (Wildman–Crippen MR) is 108 cm³/mol. The van der Waals surface area contributed by atoms with Crippen molar-refractivity contribution in [1.29, 1.82) is 0 Å². The predicted octanol–water partition coefficient (Wildman–Crippen LogP) is 1.98. The van der Waals surface area contributed by atoms with Crippen LogP contribution in [0.25, 0.3) is 0 Å². The van der Waals surface area contributed by atoms with Crippen LogP contribution in [0.3, 0.4) is 0 Å². The quantitative estimate of drug-likeness (QED) is 0.714. The van der Waals surface area contributed by atoms with Gasteiger partial charge in [-0.05, 0) is 31.0 Å². The molecule has 1 aromatic carbocycles. The monoisotopic (exact) mass is 453 g/mol. The van der Waals surface area contributed by atoms with Gasteiger partial charge in [-0.25, -0.2) is 8.42 Å². The maximum absolute atomic E-state index is 13.1. The van der Waals surface area contributed by atoms with Crippen LogP contribution < -0.4 is 15.4 Å². The number of amides is 2. The van der Waals surface area contributed by atoms with Crippen LogP contribution in [0.5, 0.6) is 5.75 Å². The number of carbonyl (C=O) groups excluding carboxylic acids is 2. The number of nitrogens with zero attached hydrogens (tertiary/aromatic N) is 1. The van der Waals surface area contributed by atoms with E-state index in [1.54, 1.807) is 12.1 Å². The molecule has 4 rings (SSSR count). The van der Waals surface area contributed by atoms with Gasteiger partial charge in [-0.3, -0.25) is 9.59 Å². The maximum atomic E-state index is 13.1. The smallest absolute Gasteiger partial charge is 0.262 e. The lowest BCUT2D eigenvalue weighted by Gasteiger charge is -2.31. The van der Waals surface area contributed by atoms with Crippen LogP contribution in [0, 0.1) is 5.92 Å². The molecule has 0 aliphatic carbocycles. The topological polar surface area (TPSA) is 118 Å². The molecule has 0 unspecified atom stereocenters. The Morgan fingerprint density at radius 1 is 1.30 bits per heavy atom. The first-order valence-corrected chi connectivity index (χ1v) is 11.2. The van der Waals surface area contributed by atoms with E-state index in [0.717, 1.165) is 0 Å². The Morgan fingerprint density at radius 2 is 2.07 bits per heavy atom. The van der Waals surface area contributed by atoms with Crippen LogP contribution >= 0.6 is 11.6 Å². The average Bonchev–Trinajstić information content (AvgIpc) is 3.25. The minimum atomic E-state index is -3.87. The molecule has 160 valence electrons. The van der Waals surface area contributed by atoms with Gasteiger partial charge in [-0.15, -0.1) is 0 Å². The number of anilines is 1. The highest BCUT2D eigenvalue weighted by atomic mass is 35.5. The van der Waals surface area contributed by atoms with Crippen molar-refractivity contribution in [3.05, 3.63) is 41.3 Å². The number of sulfonamides is 1. The maximum Gasteiger partial charge on any atom is 0.262 e. The summed E-state index contributed by atoms with van der Waals surface area (Å²) in [5, 5.41) is 5.40. The van der Waals surface area contributed by atoms with E-state index in [4.69, 9.17) is 20.8 Å². The first-order chi connectivity index (χ1) is 14.3. The van der Waals surface area contributed by atoms with E-state index in [0.29, 0.717) is 30.8 Å². The van der Waals surface area contributed by atoms with Gasteiger partial charge in [0.15, 0.2) is 6.61 Å². The number of carbonyl (C=O) groups is 2. The molecule has 2 amide bonds. The number of hydrogen-bond donors (Lipinski definition) is 2. The standard InChI is InChI=1S/C19H20ClN3O6S/c20-14-8-15-16(29-11-18(24)22-15)9-17(14)30(26,27)23-5-3-12(4-6-23)19(25)21-10-13-2-1-7-28-13/h1-2,7-9,12H,3-6,10-11H2,(H,21,25)(H,22,24). The molecule has 9 nitrogen and oxygen atoms in total. The van der Waals surface area contributed by atoms with Gasteiger partial charge < -0.3 is 19.8 Å². The van der Waals surface area contributed by atoms with Crippen LogP contribution in [0.4, 0.5) is 5.69 Å². The SMILES string of the molecule is O=C1COc2cc(S(=O)(=O)N3CCC(C(=O)NCc4ccco4)CC3)c(Cl)cc2N1. The molecule has 30 heavy (non-hydrogen) atoms. The lowest BCUT2D eigenvalue weighted by molar-refractivity contribution is -0.126. The minimum absolute atomic E-state index is 0.00198. The highest BCUT2D eigenvalue weighted by molar-refractivity contribution is 7.89. The van der Waals surface area contributed by atoms with E-state index in [1.165, 1.54) is 22.7 Å². The van der Waals surface area contributed by atoms with Crippen molar-refractivity contribution < 1.29 is 27.2 Å². The summed E-state index contributed by atoms with van der Waals surface area (Å²) in [5.74, 6) is 0.179. The van der Waals surface area contributed by atoms with E-state index in [9.17, 15) is 18.0 Å². The Morgan fingerprint density at radius 3 is 2.77 bits per heavy atom. The third-order valence-electron chi connectivity index (χ3n) is 5.13. The Labute approximate surface area is 178 Å². The summed E-state index contributed by atoms with van der Waals surface area (Å²) in [5.41, 5.74) is 0.335. The highest BCUT2D eigenvalue weighted by Crippen LogP contribution is 2.37. The normalized spacial score (nSPS) is 17.7. The van der Waals surface area contributed by atoms with E-state index in [1.807, 2.05) is 0 Å². The zero-order chi connectivity index (χ0) is 21.3. The van der Waals surface area contributed by atoms with Crippen molar-refractivity contribution in [3.63, 3.8) is 0 Å². The van der Waals surface area contributed by atoms with E-state index < -0.39 is 10.0 Å². The molecule has 0 saturated carbocycles. The molecule has 0 radical (unpaired) electrons. The van der Waals surface area contributed by atoms with Crippen LogP contribution in [0.2, 0.25) is 5.02 Å². The van der Waals surface area contributed by atoms with Crippen molar-refractivity contribution in [1.82, 2.24) is 9.62 Å². The number of furan rings is 1. The molecule has 1 aromatic heterocycles. The second-order valence-corrected chi connectivity index (χ2v) is 9.40. The van der Waals surface area contributed by atoms with Crippen LogP contribution in [-0.2, 0) is 26.2 Å². The van der Waals surface area contributed by atoms with Gasteiger partial charge in [0.2, 0.25) is 15.9 Å². The molecule has 0 spiro atoms. The van der Waals surface area contributed by atoms with Crippen LogP contribution in [-0.4, -0.2) is 44.2 Å². The summed E-state index contributed by atoms with van der Waals surface area (Å²) in [4.78, 5) is 23.7. The molecular formula is C19H20ClN3O6S. The molecule has 0 bridgehead atoms. The third-order valence-corrected chi connectivity index (χ3v) is 7.49. The Bertz CT molecular complexity index is 1060. The van der Waals surface area contributed by atoms with Gasteiger partial charge in [0.05, 0.1) is 23.5 Å². The number of benzene rings is 1. The number of fused-ring (bicyclic) bond motifs is 1. The van der Waals surface area contributed by atoms with Crippen LogP contribution in [0.15, 0.2) is 39.8 Å². The van der Waals surface area contributed by atoms with Crippen LogP contribution in [0.1, 0.15) is 18.6 Å². The summed E-state index contributed by atoms with van der Waals surface area (Å²) in [6.07, 6.45) is 2.34. The molecule has 3 heterocycles. The molecule has 2 aliphatic heterocycles. The van der Waals surface area contributed by atoms with Gasteiger partial charge in [0, 0.05) is 25.1 Å². The van der Waals surface area contributed by atoms with Gasteiger partial charge in [-0.1, -0.05) is 11.6 Å². The molecule has 0 atom stereocenters. The van der Waals surface area contributed by atoms with Gasteiger partial charge in [0.1, 0.15) is 16.4 Å². The molecule has 2 aliphatic rings. The average molecular weight is 454 g/mol. The zero-order valence-electron chi connectivity index (χ0n) is 15.9.